The second-order valence-electron chi connectivity index (χ2n) is 7.90. The molecule has 0 saturated heterocycles. The molecular formula is C21H28N4O2. The molecule has 0 N–H and O–H groups in total. The normalized spacial score (nSPS) is 19.3. The zero-order valence-corrected chi connectivity index (χ0v) is 16.4. The van der Waals surface area contributed by atoms with Crippen LogP contribution in [0.2, 0.25) is 0 Å². The molecule has 0 saturated carbocycles. The molecule has 6 nitrogen and oxygen atoms in total. The maximum atomic E-state index is 12.9. The summed E-state index contributed by atoms with van der Waals surface area (Å²) >= 11 is 0. The molecule has 3 heterocycles. The number of likely N-dealkylation sites (N-methyl/N-ethyl adjacent to an activating group) is 1. The van der Waals surface area contributed by atoms with Gasteiger partial charge in [0.1, 0.15) is 11.9 Å². The van der Waals surface area contributed by atoms with Gasteiger partial charge in [0.15, 0.2) is 5.69 Å². The monoisotopic (exact) mass is 368 g/mol. The molecule has 2 aromatic rings. The molecule has 1 atom stereocenters. The van der Waals surface area contributed by atoms with Gasteiger partial charge in [-0.2, -0.15) is 5.10 Å². The van der Waals surface area contributed by atoms with Crippen LogP contribution in [0.1, 0.15) is 42.0 Å². The van der Waals surface area contributed by atoms with E-state index in [1.807, 2.05) is 36.0 Å². The summed E-state index contributed by atoms with van der Waals surface area (Å²) < 4.78 is 7.98. The number of nitrogens with zero attached hydrogens (tertiary/aromatic N) is 4. The van der Waals surface area contributed by atoms with E-state index in [9.17, 15) is 4.79 Å². The maximum Gasteiger partial charge on any atom is 0.274 e. The van der Waals surface area contributed by atoms with Crippen LogP contribution in [-0.2, 0) is 19.5 Å². The minimum Gasteiger partial charge on any atom is -0.488 e. The van der Waals surface area contributed by atoms with Crippen molar-refractivity contribution in [1.82, 2.24) is 19.6 Å². The third-order valence-electron chi connectivity index (χ3n) is 5.53. The quantitative estimate of drug-likeness (QED) is 0.832. The number of carbonyl (C=O) groups is 1. The Hall–Kier alpha value is -2.34. The van der Waals surface area contributed by atoms with E-state index < -0.39 is 0 Å². The van der Waals surface area contributed by atoms with Crippen LogP contribution >= 0.6 is 0 Å². The van der Waals surface area contributed by atoms with Crippen molar-refractivity contribution in [2.24, 2.45) is 0 Å². The van der Waals surface area contributed by atoms with Gasteiger partial charge in [-0.1, -0.05) is 18.2 Å². The SMILES string of the molecule is CC(C)N1CCCn2nc(C(=O)N(C)CC3Cc4ccccc4O3)cc2C1. The summed E-state index contributed by atoms with van der Waals surface area (Å²) in [5.41, 5.74) is 2.88. The van der Waals surface area contributed by atoms with Crippen molar-refractivity contribution < 1.29 is 9.53 Å². The van der Waals surface area contributed by atoms with Crippen LogP contribution in [0.5, 0.6) is 5.75 Å². The summed E-state index contributed by atoms with van der Waals surface area (Å²) in [6, 6.07) is 10.5. The number of carbonyl (C=O) groups excluding carboxylic acids is 1. The second kappa shape index (κ2) is 7.35. The molecule has 2 aliphatic heterocycles. The van der Waals surface area contributed by atoms with Gasteiger partial charge in [0, 0.05) is 39.1 Å². The number of aryl methyl sites for hydroxylation is 1. The zero-order chi connectivity index (χ0) is 19.0. The molecule has 0 radical (unpaired) electrons. The van der Waals surface area contributed by atoms with E-state index in [-0.39, 0.29) is 12.0 Å². The van der Waals surface area contributed by atoms with Gasteiger partial charge in [-0.25, -0.2) is 0 Å². The molecule has 1 amide bonds. The summed E-state index contributed by atoms with van der Waals surface area (Å²) in [4.78, 5) is 17.1. The van der Waals surface area contributed by atoms with E-state index in [4.69, 9.17) is 4.74 Å². The standard InChI is InChI=1S/C21H28N4O2/c1-15(2)24-9-6-10-25-17(13-24)12-19(22-25)21(26)23(3)14-18-11-16-7-4-5-8-20(16)27-18/h4-5,7-8,12,15,18H,6,9-11,13-14H2,1-3H3. The van der Waals surface area contributed by atoms with Gasteiger partial charge in [-0.05, 0) is 38.0 Å². The van der Waals surface area contributed by atoms with E-state index >= 15 is 0 Å². The lowest BCUT2D eigenvalue weighted by atomic mass is 10.1. The topological polar surface area (TPSA) is 50.6 Å². The van der Waals surface area contributed by atoms with E-state index in [1.54, 1.807) is 4.90 Å². The third-order valence-corrected chi connectivity index (χ3v) is 5.53. The van der Waals surface area contributed by atoms with Gasteiger partial charge < -0.3 is 9.64 Å². The van der Waals surface area contributed by atoms with Crippen LogP contribution in [0.25, 0.3) is 0 Å². The first-order valence-electron chi connectivity index (χ1n) is 9.82. The van der Waals surface area contributed by atoms with Crippen LogP contribution in [0.3, 0.4) is 0 Å². The van der Waals surface area contributed by atoms with Gasteiger partial charge in [-0.3, -0.25) is 14.4 Å². The fraction of sp³-hybridized carbons (Fsp3) is 0.524. The summed E-state index contributed by atoms with van der Waals surface area (Å²) in [5.74, 6) is 0.900. The third kappa shape index (κ3) is 3.72. The van der Waals surface area contributed by atoms with Crippen molar-refractivity contribution in [1.29, 1.82) is 0 Å². The number of aromatic nitrogens is 2. The molecule has 0 bridgehead atoms. The van der Waals surface area contributed by atoms with Crippen LogP contribution in [0, 0.1) is 0 Å². The summed E-state index contributed by atoms with van der Waals surface area (Å²) in [5, 5.41) is 4.60. The molecule has 1 unspecified atom stereocenters. The molecule has 0 aliphatic carbocycles. The Balaban J connectivity index is 1.42. The highest BCUT2D eigenvalue weighted by Crippen LogP contribution is 2.28. The molecule has 27 heavy (non-hydrogen) atoms. The van der Waals surface area contributed by atoms with Crippen LogP contribution < -0.4 is 4.74 Å². The van der Waals surface area contributed by atoms with Gasteiger partial charge in [0.2, 0.25) is 0 Å². The van der Waals surface area contributed by atoms with Crippen molar-refractivity contribution in [2.45, 2.75) is 51.9 Å². The van der Waals surface area contributed by atoms with Gasteiger partial charge in [-0.15, -0.1) is 0 Å². The Labute approximate surface area is 160 Å². The van der Waals surface area contributed by atoms with E-state index in [2.05, 4.69) is 29.9 Å². The van der Waals surface area contributed by atoms with Crippen molar-refractivity contribution >= 4 is 5.91 Å². The molecule has 1 aromatic carbocycles. The number of rotatable bonds is 4. The Kier molecular flexibility index (Phi) is 4.91. The molecule has 144 valence electrons. The highest BCUT2D eigenvalue weighted by atomic mass is 16.5. The van der Waals surface area contributed by atoms with Crippen molar-refractivity contribution in [3.63, 3.8) is 0 Å². The van der Waals surface area contributed by atoms with E-state index in [1.165, 1.54) is 5.56 Å². The smallest absolute Gasteiger partial charge is 0.274 e. The number of fused-ring (bicyclic) bond motifs is 2. The summed E-state index contributed by atoms with van der Waals surface area (Å²) in [7, 11) is 1.83. The fourth-order valence-corrected chi connectivity index (χ4v) is 3.97. The average Bonchev–Trinajstić information content (AvgIpc) is 3.18. The first kappa shape index (κ1) is 18.0. The van der Waals surface area contributed by atoms with Gasteiger partial charge >= 0.3 is 0 Å². The Morgan fingerprint density at radius 2 is 2.15 bits per heavy atom. The second-order valence-corrected chi connectivity index (χ2v) is 7.90. The number of hydrogen-bond donors (Lipinski definition) is 0. The van der Waals surface area contributed by atoms with Gasteiger partial charge in [0.05, 0.1) is 12.2 Å². The summed E-state index contributed by atoms with van der Waals surface area (Å²) in [6.45, 7) is 7.79. The number of amides is 1. The molecule has 0 fully saturated rings. The van der Waals surface area contributed by atoms with Crippen LogP contribution in [0.4, 0.5) is 0 Å². The Morgan fingerprint density at radius 3 is 2.93 bits per heavy atom. The lowest BCUT2D eigenvalue weighted by Crippen LogP contribution is -2.36. The first-order valence-corrected chi connectivity index (χ1v) is 9.82. The number of ether oxygens (including phenoxy) is 1. The molecule has 2 aliphatic rings. The molecule has 1 aromatic heterocycles. The highest BCUT2D eigenvalue weighted by molar-refractivity contribution is 5.92. The Morgan fingerprint density at radius 1 is 1.33 bits per heavy atom. The van der Waals surface area contributed by atoms with E-state index in [0.29, 0.717) is 18.3 Å². The minimum atomic E-state index is -0.0359. The first-order chi connectivity index (χ1) is 13.0. The van der Waals surface area contributed by atoms with E-state index in [0.717, 1.165) is 43.9 Å². The number of hydrogen-bond acceptors (Lipinski definition) is 4. The predicted molar refractivity (Wildman–Crippen MR) is 104 cm³/mol. The molecular weight excluding hydrogens is 340 g/mol. The van der Waals surface area contributed by atoms with Gasteiger partial charge in [0.25, 0.3) is 5.91 Å². The largest absolute Gasteiger partial charge is 0.488 e. The summed E-state index contributed by atoms with van der Waals surface area (Å²) in [6.07, 6.45) is 1.91. The maximum absolute atomic E-state index is 12.9. The lowest BCUT2D eigenvalue weighted by Gasteiger charge is -2.23. The van der Waals surface area contributed by atoms with Crippen LogP contribution in [0.15, 0.2) is 30.3 Å². The minimum absolute atomic E-state index is 0.00761. The fourth-order valence-electron chi connectivity index (χ4n) is 3.97. The highest BCUT2D eigenvalue weighted by Gasteiger charge is 2.27. The number of benzene rings is 1. The van der Waals surface area contributed by atoms with Crippen molar-refractivity contribution in [3.8, 4) is 5.75 Å². The zero-order valence-electron chi connectivity index (χ0n) is 16.4. The van der Waals surface area contributed by atoms with Crippen molar-refractivity contribution in [2.75, 3.05) is 20.1 Å². The van der Waals surface area contributed by atoms with Crippen LogP contribution in [-0.4, -0.2) is 57.8 Å². The predicted octanol–water partition coefficient (Wildman–Crippen LogP) is 2.57. The number of para-hydroxylation sites is 1. The van der Waals surface area contributed by atoms with Crippen molar-refractivity contribution in [3.05, 3.63) is 47.3 Å². The Bertz CT molecular complexity index is 804. The average molecular weight is 368 g/mol. The molecule has 0 spiro atoms. The molecule has 4 rings (SSSR count). The lowest BCUT2D eigenvalue weighted by molar-refractivity contribution is 0.0723. The molecule has 6 heteroatoms.